The van der Waals surface area contributed by atoms with Crippen LogP contribution in [0.25, 0.3) is 0 Å². The molecular formula is C19H24O6. The van der Waals surface area contributed by atoms with Crippen LogP contribution < -0.4 is 18.9 Å². The highest BCUT2D eigenvalue weighted by Gasteiger charge is 2.24. The van der Waals surface area contributed by atoms with Crippen molar-refractivity contribution in [2.45, 2.75) is 12.0 Å². The highest BCUT2D eigenvalue weighted by atomic mass is 16.5. The zero-order chi connectivity index (χ0) is 18.4. The van der Waals surface area contributed by atoms with Crippen molar-refractivity contribution in [1.82, 2.24) is 0 Å². The standard InChI is InChI=1S/C19H24O6/c1-22-15-7-5-12(9-17(15)24-3)14(11-20)19(21)13-6-8-16(23-2)18(10-13)25-4/h5-10,14,19-21H,11H2,1-4H3. The lowest BCUT2D eigenvalue weighted by atomic mass is 9.89. The molecule has 2 N–H and O–H groups in total. The first-order valence-electron chi connectivity index (χ1n) is 7.82. The molecule has 2 unspecified atom stereocenters. The Bertz CT molecular complexity index is 700. The summed E-state index contributed by atoms with van der Waals surface area (Å²) in [7, 11) is 6.18. The van der Waals surface area contributed by atoms with Crippen LogP contribution in [-0.4, -0.2) is 45.3 Å². The van der Waals surface area contributed by atoms with E-state index in [0.29, 0.717) is 28.6 Å². The molecule has 0 amide bonds. The molecule has 0 aliphatic heterocycles. The molecule has 0 saturated heterocycles. The first kappa shape index (κ1) is 18.9. The second-order valence-electron chi connectivity index (χ2n) is 5.46. The number of aliphatic hydroxyl groups is 2. The number of benzene rings is 2. The van der Waals surface area contributed by atoms with Crippen LogP contribution in [0.3, 0.4) is 0 Å². The number of hydrogen-bond donors (Lipinski definition) is 2. The van der Waals surface area contributed by atoms with Crippen molar-refractivity contribution in [1.29, 1.82) is 0 Å². The predicted molar refractivity (Wildman–Crippen MR) is 93.9 cm³/mol. The maximum Gasteiger partial charge on any atom is 0.161 e. The van der Waals surface area contributed by atoms with Gasteiger partial charge in [-0.25, -0.2) is 0 Å². The third-order valence-electron chi connectivity index (χ3n) is 4.16. The van der Waals surface area contributed by atoms with Crippen molar-refractivity contribution in [3.63, 3.8) is 0 Å². The first-order valence-corrected chi connectivity index (χ1v) is 7.82. The van der Waals surface area contributed by atoms with E-state index in [1.54, 1.807) is 57.7 Å². The van der Waals surface area contributed by atoms with Crippen molar-refractivity contribution in [3.05, 3.63) is 47.5 Å². The first-order chi connectivity index (χ1) is 12.1. The van der Waals surface area contributed by atoms with Gasteiger partial charge in [0, 0.05) is 5.92 Å². The SMILES string of the molecule is COc1ccc(C(O)C(CO)c2ccc(OC)c(OC)c2)cc1OC. The maximum absolute atomic E-state index is 10.8. The van der Waals surface area contributed by atoms with Crippen molar-refractivity contribution in [2.24, 2.45) is 0 Å². The molecule has 0 aliphatic carbocycles. The summed E-state index contributed by atoms with van der Waals surface area (Å²) in [6, 6.07) is 10.5. The van der Waals surface area contributed by atoms with Gasteiger partial charge >= 0.3 is 0 Å². The van der Waals surface area contributed by atoms with E-state index >= 15 is 0 Å². The summed E-state index contributed by atoms with van der Waals surface area (Å²) in [5, 5.41) is 20.6. The summed E-state index contributed by atoms with van der Waals surface area (Å²) in [6.45, 7) is -0.231. The summed E-state index contributed by atoms with van der Waals surface area (Å²) in [6.07, 6.45) is -0.928. The number of methoxy groups -OCH3 is 4. The van der Waals surface area contributed by atoms with Crippen LogP contribution in [0.2, 0.25) is 0 Å². The summed E-state index contributed by atoms with van der Waals surface area (Å²) < 4.78 is 21.0. The maximum atomic E-state index is 10.8. The number of hydrogen-bond acceptors (Lipinski definition) is 6. The topological polar surface area (TPSA) is 77.4 Å². The molecule has 136 valence electrons. The van der Waals surface area contributed by atoms with E-state index in [2.05, 4.69) is 0 Å². The van der Waals surface area contributed by atoms with Crippen molar-refractivity contribution in [2.75, 3.05) is 35.0 Å². The molecule has 25 heavy (non-hydrogen) atoms. The van der Waals surface area contributed by atoms with Gasteiger partial charge in [-0.1, -0.05) is 12.1 Å². The third-order valence-corrected chi connectivity index (χ3v) is 4.16. The van der Waals surface area contributed by atoms with E-state index in [-0.39, 0.29) is 6.61 Å². The second-order valence-corrected chi connectivity index (χ2v) is 5.46. The van der Waals surface area contributed by atoms with E-state index in [4.69, 9.17) is 18.9 Å². The van der Waals surface area contributed by atoms with E-state index in [9.17, 15) is 10.2 Å². The second kappa shape index (κ2) is 8.60. The quantitative estimate of drug-likeness (QED) is 0.763. The van der Waals surface area contributed by atoms with E-state index in [0.717, 1.165) is 5.56 Å². The number of aliphatic hydroxyl groups excluding tert-OH is 2. The van der Waals surface area contributed by atoms with Gasteiger partial charge in [0.2, 0.25) is 0 Å². The zero-order valence-electron chi connectivity index (χ0n) is 14.9. The number of ether oxygens (including phenoxy) is 4. The summed E-state index contributed by atoms with van der Waals surface area (Å²) in [5.41, 5.74) is 1.36. The molecule has 0 bridgehead atoms. The smallest absolute Gasteiger partial charge is 0.161 e. The highest BCUT2D eigenvalue weighted by molar-refractivity contribution is 5.46. The molecule has 2 rings (SSSR count). The van der Waals surface area contributed by atoms with Gasteiger partial charge in [0.15, 0.2) is 23.0 Å². The minimum Gasteiger partial charge on any atom is -0.493 e. The lowest BCUT2D eigenvalue weighted by Gasteiger charge is -2.23. The highest BCUT2D eigenvalue weighted by Crippen LogP contribution is 2.38. The van der Waals surface area contributed by atoms with Gasteiger partial charge in [0.1, 0.15) is 0 Å². The van der Waals surface area contributed by atoms with Crippen molar-refractivity contribution < 1.29 is 29.2 Å². The molecule has 2 aromatic rings. The molecule has 0 radical (unpaired) electrons. The van der Waals surface area contributed by atoms with Crippen LogP contribution in [0.15, 0.2) is 36.4 Å². The third kappa shape index (κ3) is 3.97. The van der Waals surface area contributed by atoms with Gasteiger partial charge in [0.05, 0.1) is 41.2 Å². The fraction of sp³-hybridized carbons (Fsp3) is 0.368. The lowest BCUT2D eigenvalue weighted by Crippen LogP contribution is -2.15. The Hall–Kier alpha value is -2.44. The summed E-state index contributed by atoms with van der Waals surface area (Å²) >= 11 is 0. The van der Waals surface area contributed by atoms with E-state index in [1.807, 2.05) is 0 Å². The Labute approximate surface area is 147 Å². The Morgan fingerprint density at radius 2 is 1.16 bits per heavy atom. The van der Waals surface area contributed by atoms with Crippen molar-refractivity contribution in [3.8, 4) is 23.0 Å². The van der Waals surface area contributed by atoms with Crippen LogP contribution in [0.5, 0.6) is 23.0 Å². The molecule has 0 heterocycles. The van der Waals surface area contributed by atoms with Gasteiger partial charge in [-0.3, -0.25) is 0 Å². The van der Waals surface area contributed by atoms with Crippen LogP contribution >= 0.6 is 0 Å². The molecule has 0 saturated carbocycles. The Kier molecular flexibility index (Phi) is 6.50. The zero-order valence-corrected chi connectivity index (χ0v) is 14.9. The van der Waals surface area contributed by atoms with Crippen LogP contribution in [0.4, 0.5) is 0 Å². The summed E-state index contributed by atoms with van der Waals surface area (Å²) in [4.78, 5) is 0. The van der Waals surface area contributed by atoms with Crippen LogP contribution in [0, 0.1) is 0 Å². The largest absolute Gasteiger partial charge is 0.493 e. The van der Waals surface area contributed by atoms with Crippen molar-refractivity contribution >= 4 is 0 Å². The Morgan fingerprint density at radius 1 is 0.720 bits per heavy atom. The molecular weight excluding hydrogens is 324 g/mol. The summed E-state index contributed by atoms with van der Waals surface area (Å²) in [5.74, 6) is 1.69. The normalized spacial score (nSPS) is 13.0. The lowest BCUT2D eigenvalue weighted by molar-refractivity contribution is 0.106. The predicted octanol–water partition coefficient (Wildman–Crippen LogP) is 2.53. The van der Waals surface area contributed by atoms with Gasteiger partial charge < -0.3 is 29.2 Å². The molecule has 0 fully saturated rings. The van der Waals surface area contributed by atoms with E-state index < -0.39 is 12.0 Å². The fourth-order valence-corrected chi connectivity index (χ4v) is 2.74. The number of rotatable bonds is 8. The van der Waals surface area contributed by atoms with E-state index in [1.165, 1.54) is 7.11 Å². The Balaban J connectivity index is 2.37. The van der Waals surface area contributed by atoms with Gasteiger partial charge in [-0.15, -0.1) is 0 Å². The fourth-order valence-electron chi connectivity index (χ4n) is 2.74. The average molecular weight is 348 g/mol. The van der Waals surface area contributed by atoms with Gasteiger partial charge in [-0.2, -0.15) is 0 Å². The molecule has 0 spiro atoms. The molecule has 6 heteroatoms. The monoisotopic (exact) mass is 348 g/mol. The Morgan fingerprint density at radius 3 is 1.60 bits per heavy atom. The molecule has 6 nitrogen and oxygen atoms in total. The molecule has 0 aliphatic rings. The molecule has 2 aromatic carbocycles. The van der Waals surface area contributed by atoms with Crippen LogP contribution in [0.1, 0.15) is 23.1 Å². The average Bonchev–Trinajstić information content (AvgIpc) is 2.67. The van der Waals surface area contributed by atoms with Crippen LogP contribution in [-0.2, 0) is 0 Å². The van der Waals surface area contributed by atoms with Gasteiger partial charge in [-0.05, 0) is 35.4 Å². The minimum atomic E-state index is -0.928. The molecule has 0 aromatic heterocycles. The molecule has 2 atom stereocenters. The van der Waals surface area contributed by atoms with Gasteiger partial charge in [0.25, 0.3) is 0 Å². The minimum absolute atomic E-state index is 0.231.